The highest BCUT2D eigenvalue weighted by Crippen LogP contribution is 2.28. The molecule has 1 heterocycles. The Morgan fingerprint density at radius 3 is 2.75 bits per heavy atom. The molecule has 0 aliphatic heterocycles. The molecular weight excluding hydrogens is 267 g/mol. The van der Waals surface area contributed by atoms with Crippen molar-refractivity contribution < 1.29 is 18.8 Å². The maximum absolute atomic E-state index is 13.3. The minimum absolute atomic E-state index is 0.103. The first-order valence-corrected chi connectivity index (χ1v) is 5.58. The number of nitrogens with zero attached hydrogens (tertiary/aromatic N) is 2. The van der Waals surface area contributed by atoms with Gasteiger partial charge in [-0.2, -0.15) is 0 Å². The van der Waals surface area contributed by atoms with E-state index < -0.39 is 16.5 Å². The molecule has 0 bridgehead atoms. The quantitative estimate of drug-likeness (QED) is 0.572. The van der Waals surface area contributed by atoms with E-state index in [2.05, 4.69) is 4.98 Å². The lowest BCUT2D eigenvalue weighted by Crippen LogP contribution is -1.86. The number of aromatic nitrogens is 1. The Morgan fingerprint density at radius 2 is 2.05 bits per heavy atom. The zero-order valence-electron chi connectivity index (χ0n) is 9.91. The minimum atomic E-state index is -0.796. The third kappa shape index (κ3) is 1.95. The van der Waals surface area contributed by atoms with Gasteiger partial charge < -0.3 is 9.52 Å². The number of hydrogen-bond acceptors (Lipinski definition) is 5. The molecule has 0 saturated heterocycles. The number of rotatable bonds is 2. The molecule has 20 heavy (non-hydrogen) atoms. The van der Waals surface area contributed by atoms with Gasteiger partial charge in [-0.05, 0) is 24.3 Å². The summed E-state index contributed by atoms with van der Waals surface area (Å²) in [5, 5.41) is 19.8. The van der Waals surface area contributed by atoms with Crippen molar-refractivity contribution >= 4 is 16.8 Å². The molecule has 1 aromatic heterocycles. The van der Waals surface area contributed by atoms with Crippen LogP contribution in [0.3, 0.4) is 0 Å². The SMILES string of the molecule is O=[N+]([O-])c1ccc2oc(-c3ccc(O)c(F)c3)nc2c1. The zero-order chi connectivity index (χ0) is 14.3. The summed E-state index contributed by atoms with van der Waals surface area (Å²) in [6.45, 7) is 0. The number of nitro benzene ring substituents is 1. The molecule has 0 unspecified atom stereocenters. The van der Waals surface area contributed by atoms with Crippen LogP contribution in [-0.4, -0.2) is 15.0 Å². The molecule has 0 atom stereocenters. The van der Waals surface area contributed by atoms with Gasteiger partial charge in [-0.25, -0.2) is 9.37 Å². The summed E-state index contributed by atoms with van der Waals surface area (Å²) in [4.78, 5) is 14.2. The Bertz CT molecular complexity index is 828. The standard InChI is InChI=1S/C13H7FN2O4/c14-9-5-7(1-3-11(9)17)13-15-10-6-8(16(18)19)2-4-12(10)20-13/h1-6,17H. The van der Waals surface area contributed by atoms with Gasteiger partial charge in [-0.1, -0.05) is 0 Å². The van der Waals surface area contributed by atoms with E-state index in [0.29, 0.717) is 16.7 Å². The number of halogens is 1. The lowest BCUT2D eigenvalue weighted by atomic mass is 10.2. The zero-order valence-corrected chi connectivity index (χ0v) is 9.91. The van der Waals surface area contributed by atoms with Crippen molar-refractivity contribution in [3.8, 4) is 17.2 Å². The number of nitro groups is 1. The van der Waals surface area contributed by atoms with E-state index >= 15 is 0 Å². The molecule has 7 heteroatoms. The number of benzene rings is 2. The predicted molar refractivity (Wildman–Crippen MR) is 67.7 cm³/mol. The average molecular weight is 274 g/mol. The lowest BCUT2D eigenvalue weighted by Gasteiger charge is -1.97. The topological polar surface area (TPSA) is 89.4 Å². The summed E-state index contributed by atoms with van der Waals surface area (Å²) in [6.07, 6.45) is 0. The summed E-state index contributed by atoms with van der Waals surface area (Å²) >= 11 is 0. The predicted octanol–water partition coefficient (Wildman–Crippen LogP) is 3.25. The monoisotopic (exact) mass is 274 g/mol. The Hall–Kier alpha value is -2.96. The maximum atomic E-state index is 13.3. The highest BCUT2D eigenvalue weighted by Gasteiger charge is 2.13. The first-order valence-electron chi connectivity index (χ1n) is 5.58. The summed E-state index contributed by atoms with van der Waals surface area (Å²) in [5.74, 6) is -1.14. The average Bonchev–Trinajstić information content (AvgIpc) is 2.84. The fourth-order valence-electron chi connectivity index (χ4n) is 1.79. The van der Waals surface area contributed by atoms with Crippen LogP contribution in [0.15, 0.2) is 40.8 Å². The van der Waals surface area contributed by atoms with Crippen LogP contribution in [0.5, 0.6) is 5.75 Å². The molecule has 6 nitrogen and oxygen atoms in total. The van der Waals surface area contributed by atoms with Crippen LogP contribution in [0.1, 0.15) is 0 Å². The molecule has 0 aliphatic rings. The summed E-state index contributed by atoms with van der Waals surface area (Å²) in [6, 6.07) is 7.71. The molecule has 100 valence electrons. The highest BCUT2D eigenvalue weighted by atomic mass is 19.1. The maximum Gasteiger partial charge on any atom is 0.271 e. The van der Waals surface area contributed by atoms with Crippen LogP contribution in [0.25, 0.3) is 22.6 Å². The Morgan fingerprint density at radius 1 is 1.25 bits per heavy atom. The number of hydrogen-bond donors (Lipinski definition) is 1. The Kier molecular flexibility index (Phi) is 2.60. The third-order valence-electron chi connectivity index (χ3n) is 2.78. The van der Waals surface area contributed by atoms with Gasteiger partial charge in [-0.15, -0.1) is 0 Å². The van der Waals surface area contributed by atoms with Crippen molar-refractivity contribution in [1.82, 2.24) is 4.98 Å². The van der Waals surface area contributed by atoms with E-state index in [1.807, 2.05) is 0 Å². The van der Waals surface area contributed by atoms with Crippen molar-refractivity contribution in [2.24, 2.45) is 0 Å². The molecule has 0 saturated carbocycles. The Balaban J connectivity index is 2.12. The van der Waals surface area contributed by atoms with Crippen molar-refractivity contribution in [3.05, 3.63) is 52.3 Å². The van der Waals surface area contributed by atoms with Crippen molar-refractivity contribution in [3.63, 3.8) is 0 Å². The van der Waals surface area contributed by atoms with Crippen molar-refractivity contribution in [2.45, 2.75) is 0 Å². The second kappa shape index (κ2) is 4.30. The smallest absolute Gasteiger partial charge is 0.271 e. The minimum Gasteiger partial charge on any atom is -0.505 e. The molecule has 0 radical (unpaired) electrons. The number of fused-ring (bicyclic) bond motifs is 1. The number of phenolic OH excluding ortho intramolecular Hbond substituents is 1. The van der Waals surface area contributed by atoms with E-state index in [4.69, 9.17) is 9.52 Å². The molecule has 0 spiro atoms. The molecule has 2 aromatic carbocycles. The van der Waals surface area contributed by atoms with Gasteiger partial charge in [0, 0.05) is 17.7 Å². The van der Waals surface area contributed by atoms with E-state index in [0.717, 1.165) is 6.07 Å². The van der Waals surface area contributed by atoms with Crippen LogP contribution in [-0.2, 0) is 0 Å². The molecule has 3 aromatic rings. The van der Waals surface area contributed by atoms with Gasteiger partial charge in [0.2, 0.25) is 5.89 Å². The number of aromatic hydroxyl groups is 1. The van der Waals surface area contributed by atoms with Crippen molar-refractivity contribution in [2.75, 3.05) is 0 Å². The normalized spacial score (nSPS) is 10.8. The molecule has 0 aliphatic carbocycles. The fourth-order valence-corrected chi connectivity index (χ4v) is 1.79. The summed E-state index contributed by atoms with van der Waals surface area (Å²) in [5.41, 5.74) is 0.898. The first kappa shape index (κ1) is 12.1. The molecule has 0 amide bonds. The number of phenols is 1. The van der Waals surface area contributed by atoms with Gasteiger partial charge in [0.15, 0.2) is 17.1 Å². The van der Waals surface area contributed by atoms with Gasteiger partial charge in [-0.3, -0.25) is 10.1 Å². The second-order valence-electron chi connectivity index (χ2n) is 4.09. The molecule has 1 N–H and O–H groups in total. The van der Waals surface area contributed by atoms with Crippen LogP contribution in [0.2, 0.25) is 0 Å². The third-order valence-corrected chi connectivity index (χ3v) is 2.78. The summed E-state index contributed by atoms with van der Waals surface area (Å²) < 4.78 is 18.7. The highest BCUT2D eigenvalue weighted by molar-refractivity contribution is 5.78. The number of non-ortho nitro benzene ring substituents is 1. The van der Waals surface area contributed by atoms with Crippen LogP contribution >= 0.6 is 0 Å². The fraction of sp³-hybridized carbons (Fsp3) is 0. The lowest BCUT2D eigenvalue weighted by molar-refractivity contribution is -0.384. The van der Waals surface area contributed by atoms with E-state index in [1.165, 1.54) is 30.3 Å². The van der Waals surface area contributed by atoms with Crippen molar-refractivity contribution in [1.29, 1.82) is 0 Å². The van der Waals surface area contributed by atoms with E-state index in [9.17, 15) is 14.5 Å². The second-order valence-corrected chi connectivity index (χ2v) is 4.09. The Labute approximate surface area is 111 Å². The van der Waals surface area contributed by atoms with Crippen LogP contribution < -0.4 is 0 Å². The van der Waals surface area contributed by atoms with Crippen LogP contribution in [0.4, 0.5) is 10.1 Å². The number of oxazole rings is 1. The molecular formula is C13H7FN2O4. The molecule has 3 rings (SSSR count). The van der Waals surface area contributed by atoms with E-state index in [-0.39, 0.29) is 11.6 Å². The van der Waals surface area contributed by atoms with Gasteiger partial charge >= 0.3 is 0 Å². The van der Waals surface area contributed by atoms with E-state index in [1.54, 1.807) is 0 Å². The van der Waals surface area contributed by atoms with Crippen LogP contribution in [0, 0.1) is 15.9 Å². The van der Waals surface area contributed by atoms with Gasteiger partial charge in [0.05, 0.1) is 4.92 Å². The molecule has 0 fully saturated rings. The summed E-state index contributed by atoms with van der Waals surface area (Å²) in [7, 11) is 0. The van der Waals surface area contributed by atoms with Gasteiger partial charge in [0.1, 0.15) is 5.52 Å². The van der Waals surface area contributed by atoms with Gasteiger partial charge in [0.25, 0.3) is 5.69 Å². The largest absolute Gasteiger partial charge is 0.505 e. The first-order chi connectivity index (χ1) is 9.54.